The fraction of sp³-hybridized carbons (Fsp3) is 0.538. The largest absolute Gasteiger partial charge is 0.395 e. The van der Waals surface area contributed by atoms with E-state index in [4.69, 9.17) is 0 Å². The number of benzene rings is 1. The molecule has 1 aromatic carbocycles. The molecule has 0 unspecified atom stereocenters. The van der Waals surface area contributed by atoms with Crippen molar-refractivity contribution in [2.75, 3.05) is 6.61 Å². The molecular weight excluding hydrogens is 186 g/mol. The van der Waals surface area contributed by atoms with E-state index in [0.717, 1.165) is 0 Å². The van der Waals surface area contributed by atoms with Gasteiger partial charge in [0.2, 0.25) is 0 Å². The van der Waals surface area contributed by atoms with E-state index in [0.29, 0.717) is 5.92 Å². The highest BCUT2D eigenvalue weighted by atomic mass is 16.3. The molecule has 0 aliphatic rings. The Morgan fingerprint density at radius 1 is 1.13 bits per heavy atom. The molecule has 0 spiro atoms. The minimum absolute atomic E-state index is 0.167. The number of aliphatic hydroxyl groups excluding tert-OH is 1. The molecular formula is C13H21NO. The van der Waals surface area contributed by atoms with E-state index in [9.17, 15) is 5.11 Å². The summed E-state index contributed by atoms with van der Waals surface area (Å²) < 4.78 is 0. The highest BCUT2D eigenvalue weighted by Crippen LogP contribution is 2.14. The van der Waals surface area contributed by atoms with Gasteiger partial charge in [0.25, 0.3) is 0 Å². The molecule has 0 aromatic heterocycles. The van der Waals surface area contributed by atoms with Crippen molar-refractivity contribution in [2.24, 2.45) is 5.92 Å². The van der Waals surface area contributed by atoms with Crippen LogP contribution in [0.5, 0.6) is 0 Å². The van der Waals surface area contributed by atoms with Crippen molar-refractivity contribution >= 4 is 0 Å². The first-order chi connectivity index (χ1) is 7.15. The van der Waals surface area contributed by atoms with E-state index in [-0.39, 0.29) is 18.7 Å². The molecule has 0 fully saturated rings. The van der Waals surface area contributed by atoms with Crippen LogP contribution in [0, 0.1) is 5.92 Å². The van der Waals surface area contributed by atoms with Crippen LogP contribution in [-0.2, 0) is 0 Å². The maximum absolute atomic E-state index is 9.23. The lowest BCUT2D eigenvalue weighted by Gasteiger charge is -2.24. The smallest absolute Gasteiger partial charge is 0.0587 e. The zero-order chi connectivity index (χ0) is 11.3. The fourth-order valence-corrected chi connectivity index (χ4v) is 1.62. The van der Waals surface area contributed by atoms with Gasteiger partial charge in [-0.2, -0.15) is 0 Å². The van der Waals surface area contributed by atoms with Gasteiger partial charge in [0.15, 0.2) is 0 Å². The maximum Gasteiger partial charge on any atom is 0.0587 e. The Bertz CT molecular complexity index is 271. The van der Waals surface area contributed by atoms with E-state index >= 15 is 0 Å². The third kappa shape index (κ3) is 3.65. The second-order valence-corrected chi connectivity index (χ2v) is 4.33. The molecule has 0 radical (unpaired) electrons. The van der Waals surface area contributed by atoms with Gasteiger partial charge in [-0.3, -0.25) is 0 Å². The summed E-state index contributed by atoms with van der Waals surface area (Å²) in [6.07, 6.45) is 0. The molecule has 1 rings (SSSR count). The average molecular weight is 207 g/mol. The average Bonchev–Trinajstić information content (AvgIpc) is 2.26. The van der Waals surface area contributed by atoms with Crippen molar-refractivity contribution in [3.8, 4) is 0 Å². The Balaban J connectivity index is 2.58. The van der Waals surface area contributed by atoms with Gasteiger partial charge in [0.05, 0.1) is 6.61 Å². The highest BCUT2D eigenvalue weighted by Gasteiger charge is 2.15. The third-order valence-corrected chi connectivity index (χ3v) is 2.77. The van der Waals surface area contributed by atoms with Gasteiger partial charge in [-0.05, 0) is 18.4 Å². The molecule has 1 aromatic rings. The highest BCUT2D eigenvalue weighted by molar-refractivity contribution is 5.18. The number of hydrogen-bond acceptors (Lipinski definition) is 2. The van der Waals surface area contributed by atoms with Crippen LogP contribution < -0.4 is 5.32 Å². The van der Waals surface area contributed by atoms with Crippen LogP contribution in [-0.4, -0.2) is 17.8 Å². The Hall–Kier alpha value is -0.860. The number of aliphatic hydroxyl groups is 1. The van der Waals surface area contributed by atoms with E-state index in [1.165, 1.54) is 5.56 Å². The maximum atomic E-state index is 9.23. The number of nitrogens with one attached hydrogen (secondary N) is 1. The molecule has 2 heteroatoms. The predicted octanol–water partition coefficient (Wildman–Crippen LogP) is 2.35. The lowest BCUT2D eigenvalue weighted by atomic mass is 10.0. The fourth-order valence-electron chi connectivity index (χ4n) is 1.62. The molecule has 15 heavy (non-hydrogen) atoms. The zero-order valence-corrected chi connectivity index (χ0v) is 9.77. The predicted molar refractivity (Wildman–Crippen MR) is 63.7 cm³/mol. The second kappa shape index (κ2) is 5.89. The lowest BCUT2D eigenvalue weighted by molar-refractivity contribution is 0.201. The Kier molecular flexibility index (Phi) is 4.79. The summed E-state index contributed by atoms with van der Waals surface area (Å²) in [6.45, 7) is 6.55. The summed E-state index contributed by atoms with van der Waals surface area (Å²) in [4.78, 5) is 0. The summed E-state index contributed by atoms with van der Waals surface area (Å²) in [5, 5.41) is 12.7. The first kappa shape index (κ1) is 12.2. The minimum Gasteiger partial charge on any atom is -0.395 e. The van der Waals surface area contributed by atoms with Crippen molar-refractivity contribution in [2.45, 2.75) is 32.9 Å². The van der Waals surface area contributed by atoms with Gasteiger partial charge in [0.1, 0.15) is 0 Å². The van der Waals surface area contributed by atoms with Crippen molar-refractivity contribution in [3.05, 3.63) is 35.9 Å². The van der Waals surface area contributed by atoms with Gasteiger partial charge in [-0.25, -0.2) is 0 Å². The number of rotatable bonds is 5. The molecule has 0 saturated carbocycles. The normalized spacial score (nSPS) is 15.3. The van der Waals surface area contributed by atoms with Crippen molar-refractivity contribution < 1.29 is 5.11 Å². The van der Waals surface area contributed by atoms with Crippen LogP contribution in [0.4, 0.5) is 0 Å². The van der Waals surface area contributed by atoms with Crippen LogP contribution in [0.1, 0.15) is 32.4 Å². The molecule has 2 nitrogen and oxygen atoms in total. The van der Waals surface area contributed by atoms with Crippen molar-refractivity contribution in [3.63, 3.8) is 0 Å². The van der Waals surface area contributed by atoms with E-state index < -0.39 is 0 Å². The molecule has 0 aliphatic carbocycles. The van der Waals surface area contributed by atoms with Gasteiger partial charge in [0, 0.05) is 12.1 Å². The third-order valence-electron chi connectivity index (χ3n) is 2.77. The standard InChI is InChI=1S/C13H21NO/c1-10(2)13(9-15)14-11(3)12-7-5-4-6-8-12/h4-8,10-11,13-15H,9H2,1-3H3/t11-,13-/m1/s1. The second-order valence-electron chi connectivity index (χ2n) is 4.33. The molecule has 0 heterocycles. The van der Waals surface area contributed by atoms with Crippen LogP contribution in [0.25, 0.3) is 0 Å². The monoisotopic (exact) mass is 207 g/mol. The van der Waals surface area contributed by atoms with Gasteiger partial charge in [-0.15, -0.1) is 0 Å². The summed E-state index contributed by atoms with van der Waals surface area (Å²) in [7, 11) is 0. The lowest BCUT2D eigenvalue weighted by Crippen LogP contribution is -2.38. The Labute approximate surface area is 92.3 Å². The molecule has 0 amide bonds. The SMILES string of the molecule is CC(C)[C@@H](CO)N[C@H](C)c1ccccc1. The molecule has 2 N–H and O–H groups in total. The zero-order valence-electron chi connectivity index (χ0n) is 9.77. The Morgan fingerprint density at radius 3 is 2.20 bits per heavy atom. The first-order valence-electron chi connectivity index (χ1n) is 5.57. The first-order valence-corrected chi connectivity index (χ1v) is 5.57. The van der Waals surface area contributed by atoms with Crippen molar-refractivity contribution in [1.29, 1.82) is 0 Å². The van der Waals surface area contributed by atoms with Crippen molar-refractivity contribution in [1.82, 2.24) is 5.32 Å². The van der Waals surface area contributed by atoms with Crippen LogP contribution in [0.2, 0.25) is 0 Å². The van der Waals surface area contributed by atoms with E-state index in [1.54, 1.807) is 0 Å². The van der Waals surface area contributed by atoms with Gasteiger partial charge < -0.3 is 10.4 Å². The quantitative estimate of drug-likeness (QED) is 0.777. The summed E-state index contributed by atoms with van der Waals surface area (Å²) >= 11 is 0. The van der Waals surface area contributed by atoms with Crippen LogP contribution in [0.15, 0.2) is 30.3 Å². The minimum atomic E-state index is 0.167. The summed E-state index contributed by atoms with van der Waals surface area (Å²) in [6, 6.07) is 10.8. The topological polar surface area (TPSA) is 32.3 Å². The van der Waals surface area contributed by atoms with Gasteiger partial charge >= 0.3 is 0 Å². The van der Waals surface area contributed by atoms with Crippen LogP contribution in [0.3, 0.4) is 0 Å². The van der Waals surface area contributed by atoms with Crippen LogP contribution >= 0.6 is 0 Å². The van der Waals surface area contributed by atoms with E-state index in [2.05, 4.69) is 38.2 Å². The molecule has 2 atom stereocenters. The van der Waals surface area contributed by atoms with E-state index in [1.807, 2.05) is 18.2 Å². The molecule has 0 saturated heterocycles. The number of hydrogen-bond donors (Lipinski definition) is 2. The summed E-state index contributed by atoms with van der Waals surface area (Å²) in [5.41, 5.74) is 1.26. The summed E-state index contributed by atoms with van der Waals surface area (Å²) in [5.74, 6) is 0.446. The molecule has 0 aliphatic heterocycles. The molecule has 0 bridgehead atoms. The van der Waals surface area contributed by atoms with Gasteiger partial charge in [-0.1, -0.05) is 44.2 Å². The molecule has 84 valence electrons. The Morgan fingerprint density at radius 2 is 1.73 bits per heavy atom.